The molecule has 3 atom stereocenters. The van der Waals surface area contributed by atoms with Crippen LogP contribution in [0.5, 0.6) is 5.88 Å². The molecule has 2 aliphatic rings. The number of anilines is 1. The summed E-state index contributed by atoms with van der Waals surface area (Å²) < 4.78 is 37.1. The Balaban J connectivity index is 1.47. The zero-order chi connectivity index (χ0) is 30.1. The number of aromatic nitrogens is 3. The Morgan fingerprint density at radius 2 is 1.93 bits per heavy atom. The van der Waals surface area contributed by atoms with E-state index >= 15 is 0 Å². The van der Waals surface area contributed by atoms with Crippen molar-refractivity contribution >= 4 is 27.8 Å². The fourth-order valence-corrected chi connectivity index (χ4v) is 7.07. The van der Waals surface area contributed by atoms with Crippen molar-refractivity contribution in [3.8, 4) is 11.7 Å². The minimum absolute atomic E-state index is 0.0598. The molecule has 1 saturated carbocycles. The molecule has 226 valence electrons. The van der Waals surface area contributed by atoms with Crippen molar-refractivity contribution < 1.29 is 18.3 Å². The van der Waals surface area contributed by atoms with Crippen LogP contribution < -0.4 is 14.4 Å². The van der Waals surface area contributed by atoms with Crippen molar-refractivity contribution in [2.75, 3.05) is 18.1 Å². The standard InChI is InChI=1S/C32H41F2N5O2S/c1-6-23-19-31(4,5)38(20-22(23)3)28-25(29(40)37-42(7-2)24-11-9-8-10-12-24)13-14-26(35-28)39-18-15-27(36-39)41-21-32(16-17-32)30(33)34/h7-15,18,22-23,30H,6,16-17,19-21H2,1-5H3,(H,37,40)/t22?,23-,42?/m0/s1. The van der Waals surface area contributed by atoms with Crippen molar-refractivity contribution in [1.29, 1.82) is 0 Å². The molecule has 7 nitrogen and oxygen atoms in total. The van der Waals surface area contributed by atoms with E-state index in [2.05, 4.69) is 42.4 Å². The lowest BCUT2D eigenvalue weighted by atomic mass is 9.75. The van der Waals surface area contributed by atoms with E-state index < -0.39 is 22.5 Å². The third-order valence-corrected chi connectivity index (χ3v) is 10.4. The average molecular weight is 598 g/mol. The van der Waals surface area contributed by atoms with Gasteiger partial charge in [-0.15, -0.1) is 5.10 Å². The highest BCUT2D eigenvalue weighted by molar-refractivity contribution is 8.13. The number of pyridine rings is 1. The molecule has 1 saturated heterocycles. The van der Waals surface area contributed by atoms with E-state index in [1.807, 2.05) is 42.6 Å². The molecule has 1 N–H and O–H groups in total. The molecule has 1 aromatic carbocycles. The SMILES string of the molecule is C/C=S(/NC(=O)c1ccc(-n2ccc(OCC3(C(F)F)CC3)n2)nc1N1CC(C)[C@@H](CC)CC1(C)C)c1ccccc1. The van der Waals surface area contributed by atoms with Gasteiger partial charge in [-0.3, -0.25) is 9.52 Å². The number of carbonyl (C=O) groups is 1. The van der Waals surface area contributed by atoms with Crippen molar-refractivity contribution in [3.63, 3.8) is 0 Å². The molecule has 5 rings (SSSR count). The predicted octanol–water partition coefficient (Wildman–Crippen LogP) is 7.14. The third-order valence-electron chi connectivity index (χ3n) is 8.75. The summed E-state index contributed by atoms with van der Waals surface area (Å²) in [5, 5.41) is 6.47. The summed E-state index contributed by atoms with van der Waals surface area (Å²) in [6.45, 7) is 11.6. The fourth-order valence-electron chi connectivity index (χ4n) is 5.80. The first-order chi connectivity index (χ1) is 20.1. The molecule has 0 bridgehead atoms. The Kier molecular flexibility index (Phi) is 8.73. The van der Waals surface area contributed by atoms with Gasteiger partial charge in [-0.05, 0) is 81.5 Å². The number of nitrogens with zero attached hydrogens (tertiary/aromatic N) is 4. The van der Waals surface area contributed by atoms with Crippen LogP contribution in [-0.2, 0) is 0 Å². The molecule has 1 amide bonds. The van der Waals surface area contributed by atoms with Crippen LogP contribution in [0.4, 0.5) is 14.6 Å². The number of halogens is 2. The molecular formula is C32H41F2N5O2S. The number of nitrogens with one attached hydrogen (secondary N) is 1. The third kappa shape index (κ3) is 6.23. The summed E-state index contributed by atoms with van der Waals surface area (Å²) in [5.41, 5.74) is -0.774. The summed E-state index contributed by atoms with van der Waals surface area (Å²) in [5.74, 6) is 2.23. The second-order valence-electron chi connectivity index (χ2n) is 12.2. The second kappa shape index (κ2) is 12.1. The zero-order valence-electron chi connectivity index (χ0n) is 25.0. The number of piperidine rings is 1. The molecule has 2 unspecified atom stereocenters. The van der Waals surface area contributed by atoms with Gasteiger partial charge in [-0.2, -0.15) is 0 Å². The van der Waals surface area contributed by atoms with Crippen LogP contribution in [0.25, 0.3) is 5.82 Å². The molecule has 1 aliphatic carbocycles. The van der Waals surface area contributed by atoms with E-state index in [1.165, 1.54) is 0 Å². The maximum Gasteiger partial charge on any atom is 0.264 e. The highest BCUT2D eigenvalue weighted by Gasteiger charge is 2.52. The maximum absolute atomic E-state index is 13.9. The van der Waals surface area contributed by atoms with Crippen LogP contribution in [0, 0.1) is 17.3 Å². The molecule has 3 aromatic rings. The van der Waals surface area contributed by atoms with Crippen LogP contribution >= 0.6 is 10.7 Å². The molecule has 42 heavy (non-hydrogen) atoms. The molecule has 2 aromatic heterocycles. The van der Waals surface area contributed by atoms with Crippen molar-refractivity contribution in [3.05, 3.63) is 60.3 Å². The first kappa shape index (κ1) is 30.2. The lowest BCUT2D eigenvalue weighted by Gasteiger charge is -2.49. The molecule has 3 heterocycles. The fraction of sp³-hybridized carbons (Fsp3) is 0.500. The van der Waals surface area contributed by atoms with E-state index in [4.69, 9.17) is 9.72 Å². The van der Waals surface area contributed by atoms with Gasteiger partial charge in [0.2, 0.25) is 12.3 Å². The summed E-state index contributed by atoms with van der Waals surface area (Å²) in [6, 6.07) is 15.1. The van der Waals surface area contributed by atoms with Crippen LogP contribution in [0.2, 0.25) is 0 Å². The molecule has 0 radical (unpaired) electrons. The van der Waals surface area contributed by atoms with Gasteiger partial charge in [0.1, 0.15) is 12.4 Å². The van der Waals surface area contributed by atoms with Gasteiger partial charge >= 0.3 is 0 Å². The van der Waals surface area contributed by atoms with Crippen LogP contribution in [-0.4, -0.2) is 51.2 Å². The predicted molar refractivity (Wildman–Crippen MR) is 165 cm³/mol. The minimum atomic E-state index is -2.41. The topological polar surface area (TPSA) is 72.3 Å². The van der Waals surface area contributed by atoms with Crippen molar-refractivity contribution in [2.24, 2.45) is 17.3 Å². The molecule has 10 heteroatoms. The van der Waals surface area contributed by atoms with Gasteiger partial charge in [-0.25, -0.2) is 18.4 Å². The highest BCUT2D eigenvalue weighted by atomic mass is 32.2. The van der Waals surface area contributed by atoms with Crippen molar-refractivity contribution in [2.45, 2.75) is 77.2 Å². The number of ether oxygens (including phenoxy) is 1. The van der Waals surface area contributed by atoms with E-state index in [9.17, 15) is 13.6 Å². The Morgan fingerprint density at radius 3 is 2.57 bits per heavy atom. The number of alkyl halides is 2. The number of hydrogen-bond acceptors (Lipinski definition) is 5. The lowest BCUT2D eigenvalue weighted by Crippen LogP contribution is -2.54. The monoisotopic (exact) mass is 597 g/mol. The lowest BCUT2D eigenvalue weighted by molar-refractivity contribution is 0.0304. The highest BCUT2D eigenvalue weighted by Crippen LogP contribution is 2.50. The molecule has 1 aliphatic heterocycles. The smallest absolute Gasteiger partial charge is 0.264 e. The number of carbonyl (C=O) groups excluding carboxylic acids is 1. The Bertz CT molecular complexity index is 1440. The molecular weight excluding hydrogens is 556 g/mol. The molecule has 2 fully saturated rings. The van der Waals surface area contributed by atoms with Crippen LogP contribution in [0.1, 0.15) is 70.7 Å². The number of rotatable bonds is 10. The van der Waals surface area contributed by atoms with E-state index in [0.717, 1.165) is 24.3 Å². The maximum atomic E-state index is 13.9. The number of benzene rings is 1. The van der Waals surface area contributed by atoms with Gasteiger partial charge in [0.05, 0.1) is 11.0 Å². The van der Waals surface area contributed by atoms with Gasteiger partial charge in [0.15, 0.2) is 5.82 Å². The minimum Gasteiger partial charge on any atom is -0.476 e. The van der Waals surface area contributed by atoms with E-state index in [1.54, 1.807) is 29.1 Å². The summed E-state index contributed by atoms with van der Waals surface area (Å²) in [7, 11) is -0.576. The van der Waals surface area contributed by atoms with Crippen LogP contribution in [0.15, 0.2) is 59.6 Å². The Hall–Kier alpha value is -3.27. The summed E-state index contributed by atoms with van der Waals surface area (Å²) in [6.07, 6.45) is 2.32. The van der Waals surface area contributed by atoms with Crippen LogP contribution in [0.3, 0.4) is 0 Å². The number of amides is 1. The van der Waals surface area contributed by atoms with E-state index in [0.29, 0.717) is 41.9 Å². The van der Waals surface area contributed by atoms with Gasteiger partial charge in [-0.1, -0.05) is 49.1 Å². The van der Waals surface area contributed by atoms with Gasteiger partial charge < -0.3 is 9.64 Å². The zero-order valence-corrected chi connectivity index (χ0v) is 25.8. The number of hydrogen-bond donors (Lipinski definition) is 1. The van der Waals surface area contributed by atoms with Gasteiger partial charge in [0, 0.05) is 29.2 Å². The summed E-state index contributed by atoms with van der Waals surface area (Å²) in [4.78, 5) is 22.2. The average Bonchev–Trinajstić information content (AvgIpc) is 3.64. The van der Waals surface area contributed by atoms with Gasteiger partial charge in [0.25, 0.3) is 5.91 Å². The second-order valence-corrected chi connectivity index (χ2v) is 14.0. The first-order valence-electron chi connectivity index (χ1n) is 14.7. The molecule has 0 spiro atoms. The van der Waals surface area contributed by atoms with Crippen molar-refractivity contribution in [1.82, 2.24) is 19.5 Å². The van der Waals surface area contributed by atoms with E-state index in [-0.39, 0.29) is 23.9 Å². The normalized spacial score (nSPS) is 21.8. The Morgan fingerprint density at radius 1 is 1.19 bits per heavy atom. The summed E-state index contributed by atoms with van der Waals surface area (Å²) >= 11 is 0. The quantitative estimate of drug-likeness (QED) is 0.252. The first-order valence-corrected chi connectivity index (χ1v) is 16.0. The Labute approximate surface area is 249 Å². The largest absolute Gasteiger partial charge is 0.476 e.